The molecule has 0 saturated heterocycles. The van der Waals surface area contributed by atoms with E-state index >= 15 is 0 Å². The number of aromatic nitrogens is 3. The Hall–Kier alpha value is -1.60. The Balaban J connectivity index is 2.30. The summed E-state index contributed by atoms with van der Waals surface area (Å²) < 4.78 is 26.2. The fourth-order valence-corrected chi connectivity index (χ4v) is 2.50. The first kappa shape index (κ1) is 11.9. The highest BCUT2D eigenvalue weighted by Crippen LogP contribution is 2.16. The van der Waals surface area contributed by atoms with Crippen LogP contribution < -0.4 is 4.72 Å². The van der Waals surface area contributed by atoms with E-state index in [4.69, 9.17) is 11.6 Å². The van der Waals surface area contributed by atoms with Gasteiger partial charge in [0.25, 0.3) is 10.0 Å². The topological polar surface area (TPSA) is 87.7 Å². The minimum absolute atomic E-state index is 0.0919. The van der Waals surface area contributed by atoms with Gasteiger partial charge in [-0.15, -0.1) is 0 Å². The minimum Gasteiger partial charge on any atom is -0.281 e. The van der Waals surface area contributed by atoms with Crippen molar-refractivity contribution in [2.45, 2.75) is 11.8 Å². The first-order chi connectivity index (χ1) is 7.99. The summed E-state index contributed by atoms with van der Waals surface area (Å²) in [6.07, 6.45) is 2.61. The number of nitrogens with one attached hydrogen (secondary N) is 2. The first-order valence-corrected chi connectivity index (χ1v) is 6.49. The molecule has 0 spiro atoms. The van der Waals surface area contributed by atoms with E-state index < -0.39 is 10.0 Å². The number of pyridine rings is 1. The summed E-state index contributed by atoms with van der Waals surface area (Å²) in [6, 6.07) is 3.03. The second kappa shape index (κ2) is 4.34. The Bertz CT molecular complexity index is 621. The number of aryl methyl sites for hydroxylation is 1. The molecule has 0 radical (unpaired) electrons. The van der Waals surface area contributed by atoms with Crippen LogP contribution in [0.25, 0.3) is 0 Å². The second-order valence-corrected chi connectivity index (χ2v) is 5.41. The van der Waals surface area contributed by atoms with Gasteiger partial charge in [0.15, 0.2) is 0 Å². The quantitative estimate of drug-likeness (QED) is 0.888. The number of anilines is 1. The van der Waals surface area contributed by atoms with Gasteiger partial charge in [-0.05, 0) is 19.1 Å². The van der Waals surface area contributed by atoms with Gasteiger partial charge < -0.3 is 0 Å². The average molecular weight is 273 g/mol. The predicted molar refractivity (Wildman–Crippen MR) is 63.4 cm³/mol. The summed E-state index contributed by atoms with van der Waals surface area (Å²) in [5.41, 5.74) is 0.464. The summed E-state index contributed by atoms with van der Waals surface area (Å²) in [5, 5.41) is 6.65. The van der Waals surface area contributed by atoms with Crippen molar-refractivity contribution < 1.29 is 8.42 Å². The zero-order valence-corrected chi connectivity index (χ0v) is 10.4. The molecule has 6 nitrogen and oxygen atoms in total. The van der Waals surface area contributed by atoms with E-state index in [2.05, 4.69) is 19.9 Å². The van der Waals surface area contributed by atoms with Crippen molar-refractivity contribution in [3.63, 3.8) is 0 Å². The van der Waals surface area contributed by atoms with Gasteiger partial charge in [-0.25, -0.2) is 13.4 Å². The van der Waals surface area contributed by atoms with Crippen LogP contribution in [-0.4, -0.2) is 23.6 Å². The molecular formula is C9H9ClN4O2S. The molecule has 0 unspecified atom stereocenters. The highest BCUT2D eigenvalue weighted by atomic mass is 35.5. The van der Waals surface area contributed by atoms with Crippen LogP contribution in [0.1, 0.15) is 5.69 Å². The molecule has 8 heteroatoms. The maximum atomic E-state index is 11.9. The van der Waals surface area contributed by atoms with Crippen LogP contribution in [-0.2, 0) is 10.0 Å². The van der Waals surface area contributed by atoms with Gasteiger partial charge in [0.05, 0.1) is 16.9 Å². The van der Waals surface area contributed by atoms with Crippen LogP contribution in [0, 0.1) is 6.92 Å². The summed E-state index contributed by atoms with van der Waals surface area (Å²) in [5.74, 6) is 0.204. The van der Waals surface area contributed by atoms with Gasteiger partial charge >= 0.3 is 0 Å². The van der Waals surface area contributed by atoms with Gasteiger partial charge in [-0.3, -0.25) is 9.82 Å². The summed E-state index contributed by atoms with van der Waals surface area (Å²) in [7, 11) is -3.66. The number of hydrogen-bond donors (Lipinski definition) is 2. The zero-order valence-electron chi connectivity index (χ0n) is 8.81. The molecule has 0 aliphatic rings. The van der Waals surface area contributed by atoms with Crippen molar-refractivity contribution in [1.82, 2.24) is 15.2 Å². The Morgan fingerprint density at radius 2 is 2.12 bits per heavy atom. The van der Waals surface area contributed by atoms with Crippen LogP contribution in [0.2, 0.25) is 5.02 Å². The van der Waals surface area contributed by atoms with Crippen LogP contribution in [0.15, 0.2) is 29.4 Å². The first-order valence-electron chi connectivity index (χ1n) is 4.63. The second-order valence-electron chi connectivity index (χ2n) is 3.33. The molecule has 2 aromatic rings. The van der Waals surface area contributed by atoms with Gasteiger partial charge in [0.1, 0.15) is 10.7 Å². The lowest BCUT2D eigenvalue weighted by molar-refractivity contribution is 0.600. The molecule has 2 N–H and O–H groups in total. The molecule has 0 amide bonds. The van der Waals surface area contributed by atoms with Crippen molar-refractivity contribution >= 4 is 27.4 Å². The highest BCUT2D eigenvalue weighted by molar-refractivity contribution is 7.92. The monoisotopic (exact) mass is 272 g/mol. The van der Waals surface area contributed by atoms with Gasteiger partial charge in [0, 0.05) is 6.20 Å². The van der Waals surface area contributed by atoms with E-state index in [0.29, 0.717) is 10.7 Å². The Labute approximate surface area is 103 Å². The van der Waals surface area contributed by atoms with Gasteiger partial charge in [-0.1, -0.05) is 11.6 Å². The number of nitrogens with zero attached hydrogens (tertiary/aromatic N) is 2. The van der Waals surface area contributed by atoms with E-state index in [9.17, 15) is 8.42 Å². The average Bonchev–Trinajstić information content (AvgIpc) is 2.68. The third kappa shape index (κ3) is 2.56. The van der Waals surface area contributed by atoms with Crippen LogP contribution >= 0.6 is 11.6 Å². The normalized spacial score (nSPS) is 11.4. The van der Waals surface area contributed by atoms with E-state index in [1.165, 1.54) is 18.5 Å². The molecule has 0 fully saturated rings. The van der Waals surface area contributed by atoms with Crippen LogP contribution in [0.5, 0.6) is 0 Å². The highest BCUT2D eigenvalue weighted by Gasteiger charge is 2.18. The number of halogens is 1. The number of aromatic amines is 1. The van der Waals surface area contributed by atoms with Crippen LogP contribution in [0.4, 0.5) is 5.82 Å². The maximum Gasteiger partial charge on any atom is 0.266 e. The number of rotatable bonds is 3. The van der Waals surface area contributed by atoms with Crippen molar-refractivity contribution in [2.24, 2.45) is 0 Å². The van der Waals surface area contributed by atoms with E-state index in [-0.39, 0.29) is 10.7 Å². The Kier molecular flexibility index (Phi) is 3.03. The van der Waals surface area contributed by atoms with Crippen molar-refractivity contribution in [3.05, 3.63) is 35.2 Å². The van der Waals surface area contributed by atoms with E-state index in [0.717, 1.165) is 0 Å². The number of hydrogen-bond acceptors (Lipinski definition) is 4. The lowest BCUT2D eigenvalue weighted by Gasteiger charge is -2.05. The largest absolute Gasteiger partial charge is 0.281 e. The molecule has 90 valence electrons. The molecule has 2 heterocycles. The Morgan fingerprint density at radius 1 is 1.35 bits per heavy atom. The molecular weight excluding hydrogens is 264 g/mol. The Morgan fingerprint density at radius 3 is 2.65 bits per heavy atom. The number of H-pyrrole nitrogens is 1. The van der Waals surface area contributed by atoms with E-state index in [1.807, 2.05) is 0 Å². The van der Waals surface area contributed by atoms with E-state index in [1.54, 1.807) is 13.0 Å². The predicted octanol–water partition coefficient (Wildman–Crippen LogP) is 1.57. The fourth-order valence-electron chi connectivity index (χ4n) is 1.24. The molecule has 2 aromatic heterocycles. The summed E-state index contributed by atoms with van der Waals surface area (Å²) >= 11 is 5.65. The molecule has 0 atom stereocenters. The van der Waals surface area contributed by atoms with Gasteiger partial charge in [-0.2, -0.15) is 5.10 Å². The third-order valence-corrected chi connectivity index (χ3v) is 3.73. The molecule has 0 saturated carbocycles. The standard InChI is InChI=1S/C9H9ClN4O2S/c1-6-8(5-12-13-6)17(15,16)14-9-3-2-7(10)4-11-9/h2-5H,1H3,(H,11,14)(H,12,13). The smallest absolute Gasteiger partial charge is 0.266 e. The third-order valence-electron chi connectivity index (χ3n) is 2.04. The summed E-state index contributed by atoms with van der Waals surface area (Å²) in [6.45, 7) is 1.62. The zero-order chi connectivity index (χ0) is 12.5. The van der Waals surface area contributed by atoms with Crippen molar-refractivity contribution in [2.75, 3.05) is 4.72 Å². The maximum absolute atomic E-state index is 11.9. The van der Waals surface area contributed by atoms with Crippen LogP contribution in [0.3, 0.4) is 0 Å². The molecule has 0 aliphatic heterocycles. The molecule has 2 rings (SSSR count). The molecule has 0 aliphatic carbocycles. The van der Waals surface area contributed by atoms with Gasteiger partial charge in [0.2, 0.25) is 0 Å². The minimum atomic E-state index is -3.66. The molecule has 0 aromatic carbocycles. The summed E-state index contributed by atoms with van der Waals surface area (Å²) in [4.78, 5) is 3.94. The SMILES string of the molecule is Cc1[nH]ncc1S(=O)(=O)Nc1ccc(Cl)cn1. The number of sulfonamides is 1. The lowest BCUT2D eigenvalue weighted by atomic mass is 10.5. The van der Waals surface area contributed by atoms with Crippen molar-refractivity contribution in [3.8, 4) is 0 Å². The lowest BCUT2D eigenvalue weighted by Crippen LogP contribution is -2.14. The fraction of sp³-hybridized carbons (Fsp3) is 0.111. The molecule has 17 heavy (non-hydrogen) atoms. The van der Waals surface area contributed by atoms with Crippen molar-refractivity contribution in [1.29, 1.82) is 0 Å². The molecule has 0 bridgehead atoms.